The van der Waals surface area contributed by atoms with Crippen molar-refractivity contribution in [1.82, 2.24) is 10.3 Å². The number of hydrogen-bond donors (Lipinski definition) is 2. The maximum absolute atomic E-state index is 12.8. The van der Waals surface area contributed by atoms with Crippen LogP contribution in [0.25, 0.3) is 0 Å². The van der Waals surface area contributed by atoms with Gasteiger partial charge in [-0.2, -0.15) is 0 Å². The van der Waals surface area contributed by atoms with Gasteiger partial charge >= 0.3 is 0 Å². The van der Waals surface area contributed by atoms with Gasteiger partial charge in [-0.1, -0.05) is 26.0 Å². The number of aliphatic imine (C=N–C) groups is 1. The standard InChI is InChI=1S/C25H28N4O2/c1-4-18(2)20-5-9-22(10-6-20)28-25(27-17-19-13-15-26-16-14-19)29-24(30)21-7-11-23(31-3)12-8-21/h5-16,18H,4,17H2,1-3H3,(H2,27,28,29,30)/t18-/m1/s1. The zero-order valence-electron chi connectivity index (χ0n) is 18.1. The van der Waals surface area contributed by atoms with Gasteiger partial charge < -0.3 is 10.1 Å². The molecule has 6 nitrogen and oxygen atoms in total. The minimum Gasteiger partial charge on any atom is -0.497 e. The third-order valence-electron chi connectivity index (χ3n) is 5.11. The lowest BCUT2D eigenvalue weighted by Gasteiger charge is -2.14. The predicted molar refractivity (Wildman–Crippen MR) is 125 cm³/mol. The molecular weight excluding hydrogens is 388 g/mol. The first kappa shape index (κ1) is 22.0. The van der Waals surface area contributed by atoms with E-state index in [0.717, 1.165) is 17.7 Å². The van der Waals surface area contributed by atoms with Crippen LogP contribution in [0.1, 0.15) is 47.7 Å². The Bertz CT molecular complexity index is 1000. The largest absolute Gasteiger partial charge is 0.497 e. The van der Waals surface area contributed by atoms with Crippen LogP contribution in [0, 0.1) is 0 Å². The van der Waals surface area contributed by atoms with Crippen molar-refractivity contribution in [3.8, 4) is 5.75 Å². The normalized spacial score (nSPS) is 12.2. The molecule has 3 rings (SSSR count). The molecule has 1 amide bonds. The molecular formula is C25H28N4O2. The van der Waals surface area contributed by atoms with Gasteiger partial charge in [0.15, 0.2) is 0 Å². The second-order valence-electron chi connectivity index (χ2n) is 7.26. The van der Waals surface area contributed by atoms with Crippen LogP contribution in [0.5, 0.6) is 5.75 Å². The molecule has 6 heteroatoms. The maximum Gasteiger partial charge on any atom is 0.257 e. The fourth-order valence-electron chi connectivity index (χ4n) is 2.96. The number of carbonyl (C=O) groups excluding carboxylic acids is 1. The Morgan fingerprint density at radius 3 is 2.32 bits per heavy atom. The number of benzene rings is 2. The lowest BCUT2D eigenvalue weighted by molar-refractivity contribution is 0.0977. The minimum absolute atomic E-state index is 0.250. The SMILES string of the molecule is CC[C@@H](C)c1ccc(NC(=NCc2ccncc2)NC(=O)c2ccc(OC)cc2)cc1. The van der Waals surface area contributed by atoms with Gasteiger partial charge in [0.2, 0.25) is 5.96 Å². The number of aromatic nitrogens is 1. The zero-order valence-corrected chi connectivity index (χ0v) is 18.1. The maximum atomic E-state index is 12.8. The van der Waals surface area contributed by atoms with Gasteiger partial charge in [0.25, 0.3) is 5.91 Å². The van der Waals surface area contributed by atoms with Crippen molar-refractivity contribution >= 4 is 17.6 Å². The molecule has 0 aliphatic rings. The Kier molecular flexibility index (Phi) is 7.76. The van der Waals surface area contributed by atoms with Crippen molar-refractivity contribution < 1.29 is 9.53 Å². The number of guanidine groups is 1. The minimum atomic E-state index is -0.250. The van der Waals surface area contributed by atoms with Gasteiger partial charge in [-0.3, -0.25) is 15.1 Å². The van der Waals surface area contributed by atoms with E-state index in [1.807, 2.05) is 24.3 Å². The second kappa shape index (κ2) is 10.9. The summed E-state index contributed by atoms with van der Waals surface area (Å²) in [6.07, 6.45) is 4.53. The summed E-state index contributed by atoms with van der Waals surface area (Å²) in [5, 5.41) is 6.12. The average Bonchev–Trinajstić information content (AvgIpc) is 2.83. The van der Waals surface area contributed by atoms with Crippen molar-refractivity contribution in [2.75, 3.05) is 12.4 Å². The highest BCUT2D eigenvalue weighted by molar-refractivity contribution is 6.10. The Balaban J connectivity index is 1.77. The van der Waals surface area contributed by atoms with E-state index in [-0.39, 0.29) is 5.91 Å². The van der Waals surface area contributed by atoms with Gasteiger partial charge in [-0.15, -0.1) is 0 Å². The molecule has 1 heterocycles. The number of nitrogens with zero attached hydrogens (tertiary/aromatic N) is 2. The molecule has 1 atom stereocenters. The molecule has 2 N–H and O–H groups in total. The first-order valence-corrected chi connectivity index (χ1v) is 10.3. The fraction of sp³-hybridized carbons (Fsp3) is 0.240. The molecule has 2 aromatic carbocycles. The van der Waals surface area contributed by atoms with E-state index in [2.05, 4.69) is 46.6 Å². The molecule has 0 bridgehead atoms. The number of methoxy groups -OCH3 is 1. The number of rotatable bonds is 7. The summed E-state index contributed by atoms with van der Waals surface area (Å²) in [6, 6.07) is 18.9. The number of ether oxygens (including phenoxy) is 1. The van der Waals surface area contributed by atoms with Crippen LogP contribution >= 0.6 is 0 Å². The lowest BCUT2D eigenvalue weighted by atomic mass is 9.99. The smallest absolute Gasteiger partial charge is 0.257 e. The topological polar surface area (TPSA) is 75.6 Å². The molecule has 160 valence electrons. The number of nitrogens with one attached hydrogen (secondary N) is 2. The van der Waals surface area contributed by atoms with E-state index in [0.29, 0.717) is 29.7 Å². The number of pyridine rings is 1. The average molecular weight is 417 g/mol. The van der Waals surface area contributed by atoms with Crippen molar-refractivity contribution in [1.29, 1.82) is 0 Å². The highest BCUT2D eigenvalue weighted by Crippen LogP contribution is 2.20. The zero-order chi connectivity index (χ0) is 22.1. The Morgan fingerprint density at radius 1 is 1.03 bits per heavy atom. The quantitative estimate of drug-likeness (QED) is 0.420. The second-order valence-corrected chi connectivity index (χ2v) is 7.26. The first-order chi connectivity index (χ1) is 15.1. The molecule has 0 unspecified atom stereocenters. The van der Waals surface area contributed by atoms with Crippen LogP contribution in [-0.2, 0) is 6.54 Å². The van der Waals surface area contributed by atoms with E-state index in [9.17, 15) is 4.79 Å². The van der Waals surface area contributed by atoms with Crippen LogP contribution in [-0.4, -0.2) is 24.0 Å². The molecule has 0 spiro atoms. The van der Waals surface area contributed by atoms with E-state index in [1.165, 1.54) is 5.56 Å². The molecule has 0 aliphatic heterocycles. The highest BCUT2D eigenvalue weighted by Gasteiger charge is 2.10. The summed E-state index contributed by atoms with van der Waals surface area (Å²) in [5.41, 5.74) is 3.66. The van der Waals surface area contributed by atoms with Crippen molar-refractivity contribution in [3.63, 3.8) is 0 Å². The van der Waals surface area contributed by atoms with Crippen LogP contribution < -0.4 is 15.4 Å². The van der Waals surface area contributed by atoms with Crippen molar-refractivity contribution in [3.05, 3.63) is 89.7 Å². The van der Waals surface area contributed by atoms with Crippen molar-refractivity contribution in [2.45, 2.75) is 32.7 Å². The molecule has 0 saturated heterocycles. The summed E-state index contributed by atoms with van der Waals surface area (Å²) in [4.78, 5) is 21.4. The third-order valence-corrected chi connectivity index (χ3v) is 5.11. The van der Waals surface area contributed by atoms with Crippen LogP contribution in [0.3, 0.4) is 0 Å². The summed E-state index contributed by atoms with van der Waals surface area (Å²) >= 11 is 0. The summed E-state index contributed by atoms with van der Waals surface area (Å²) in [5.74, 6) is 1.33. The number of amides is 1. The van der Waals surface area contributed by atoms with Crippen LogP contribution in [0.4, 0.5) is 5.69 Å². The Morgan fingerprint density at radius 2 is 1.71 bits per heavy atom. The predicted octanol–water partition coefficient (Wildman–Crippen LogP) is 5.00. The molecule has 0 radical (unpaired) electrons. The number of anilines is 1. The summed E-state index contributed by atoms with van der Waals surface area (Å²) < 4.78 is 5.16. The molecule has 0 aliphatic carbocycles. The van der Waals surface area contributed by atoms with Gasteiger partial charge in [-0.25, -0.2) is 4.99 Å². The summed E-state index contributed by atoms with van der Waals surface area (Å²) in [7, 11) is 1.59. The van der Waals surface area contributed by atoms with E-state index in [4.69, 9.17) is 4.74 Å². The molecule has 3 aromatic rings. The van der Waals surface area contributed by atoms with Gasteiger partial charge in [-0.05, 0) is 72.0 Å². The van der Waals surface area contributed by atoms with Crippen molar-refractivity contribution in [2.24, 2.45) is 4.99 Å². The van der Waals surface area contributed by atoms with Crippen LogP contribution in [0.2, 0.25) is 0 Å². The van der Waals surface area contributed by atoms with Gasteiger partial charge in [0.1, 0.15) is 5.75 Å². The first-order valence-electron chi connectivity index (χ1n) is 10.3. The van der Waals surface area contributed by atoms with E-state index >= 15 is 0 Å². The lowest BCUT2D eigenvalue weighted by Crippen LogP contribution is -2.36. The van der Waals surface area contributed by atoms with E-state index in [1.54, 1.807) is 43.8 Å². The highest BCUT2D eigenvalue weighted by atomic mass is 16.5. The third kappa shape index (κ3) is 6.40. The van der Waals surface area contributed by atoms with Gasteiger partial charge in [0, 0.05) is 23.6 Å². The Labute approximate surface area is 183 Å². The summed E-state index contributed by atoms with van der Waals surface area (Å²) in [6.45, 7) is 4.80. The fourth-order valence-corrected chi connectivity index (χ4v) is 2.96. The Hall–Kier alpha value is -3.67. The number of carbonyl (C=O) groups is 1. The van der Waals surface area contributed by atoms with Gasteiger partial charge in [0.05, 0.1) is 13.7 Å². The van der Waals surface area contributed by atoms with Crippen LogP contribution in [0.15, 0.2) is 78.0 Å². The van der Waals surface area contributed by atoms with E-state index < -0.39 is 0 Å². The molecule has 31 heavy (non-hydrogen) atoms. The monoisotopic (exact) mass is 416 g/mol. The number of hydrogen-bond acceptors (Lipinski definition) is 4. The molecule has 0 saturated carbocycles. The molecule has 1 aromatic heterocycles. The molecule has 0 fully saturated rings.